The van der Waals surface area contributed by atoms with Gasteiger partial charge >= 0.3 is 0 Å². The van der Waals surface area contributed by atoms with Crippen molar-refractivity contribution >= 4 is 23.6 Å². The van der Waals surface area contributed by atoms with Crippen LogP contribution in [-0.4, -0.2) is 33.6 Å². The van der Waals surface area contributed by atoms with E-state index in [9.17, 15) is 4.79 Å². The summed E-state index contributed by atoms with van der Waals surface area (Å²) in [6.45, 7) is 1.40. The smallest absolute Gasteiger partial charge is 0.150 e. The molecule has 15 heavy (non-hydrogen) atoms. The van der Waals surface area contributed by atoms with Gasteiger partial charge in [-0.1, -0.05) is 11.6 Å². The topological polar surface area (TPSA) is 29.5 Å². The molecule has 0 atom stereocenters. The van der Waals surface area contributed by atoms with Gasteiger partial charge in [0.2, 0.25) is 0 Å². The van der Waals surface area contributed by atoms with Gasteiger partial charge in [0.25, 0.3) is 0 Å². The Labute approximate surface area is 94.6 Å². The number of hydrogen-bond acceptors (Lipinski definition) is 3. The van der Waals surface area contributed by atoms with Crippen molar-refractivity contribution in [2.75, 3.05) is 32.2 Å². The van der Waals surface area contributed by atoms with Gasteiger partial charge in [-0.2, -0.15) is 0 Å². The molecule has 0 fully saturated rings. The monoisotopic (exact) mass is 227 g/mol. The number of aldehydes is 1. The Morgan fingerprint density at radius 2 is 2.27 bits per heavy atom. The van der Waals surface area contributed by atoms with E-state index in [1.54, 1.807) is 19.2 Å². The van der Waals surface area contributed by atoms with E-state index < -0.39 is 0 Å². The first-order valence-corrected chi connectivity index (χ1v) is 5.01. The lowest BCUT2D eigenvalue weighted by Gasteiger charge is -2.20. The van der Waals surface area contributed by atoms with Crippen LogP contribution in [0.1, 0.15) is 10.4 Å². The summed E-state index contributed by atoms with van der Waals surface area (Å²) in [6.07, 6.45) is 0.783. The number of halogens is 1. The fourth-order valence-electron chi connectivity index (χ4n) is 1.25. The van der Waals surface area contributed by atoms with Gasteiger partial charge in [0.1, 0.15) is 6.29 Å². The van der Waals surface area contributed by atoms with Gasteiger partial charge in [0, 0.05) is 26.3 Å². The van der Waals surface area contributed by atoms with Gasteiger partial charge < -0.3 is 9.64 Å². The summed E-state index contributed by atoms with van der Waals surface area (Å²) in [5.74, 6) is 0. The molecule has 1 aromatic rings. The Kier molecular flexibility index (Phi) is 4.59. The number of likely N-dealkylation sites (N-methyl/N-ethyl adjacent to an activating group) is 1. The van der Waals surface area contributed by atoms with Crippen LogP contribution in [0.15, 0.2) is 18.2 Å². The van der Waals surface area contributed by atoms with Crippen LogP contribution in [0.4, 0.5) is 5.69 Å². The predicted octanol–water partition coefficient (Wildman–Crippen LogP) is 2.24. The number of hydrogen-bond donors (Lipinski definition) is 0. The van der Waals surface area contributed by atoms with Crippen molar-refractivity contribution in [1.29, 1.82) is 0 Å². The first-order chi connectivity index (χ1) is 7.19. The zero-order valence-electron chi connectivity index (χ0n) is 8.87. The molecule has 0 aromatic heterocycles. The highest BCUT2D eigenvalue weighted by Crippen LogP contribution is 2.25. The van der Waals surface area contributed by atoms with E-state index in [1.807, 2.05) is 18.0 Å². The number of ether oxygens (including phenoxy) is 1. The van der Waals surface area contributed by atoms with Crippen LogP contribution >= 0.6 is 11.6 Å². The summed E-state index contributed by atoms with van der Waals surface area (Å²) in [5.41, 5.74) is 1.49. The van der Waals surface area contributed by atoms with Crippen LogP contribution in [0.5, 0.6) is 0 Å². The molecule has 0 bridgehead atoms. The molecule has 0 heterocycles. The van der Waals surface area contributed by atoms with Gasteiger partial charge in [0.15, 0.2) is 0 Å². The lowest BCUT2D eigenvalue weighted by molar-refractivity contribution is 0.112. The molecule has 0 aliphatic carbocycles. The van der Waals surface area contributed by atoms with E-state index in [2.05, 4.69) is 0 Å². The lowest BCUT2D eigenvalue weighted by atomic mass is 10.2. The van der Waals surface area contributed by atoms with Crippen molar-refractivity contribution in [2.24, 2.45) is 0 Å². The van der Waals surface area contributed by atoms with Crippen molar-refractivity contribution in [3.05, 3.63) is 28.8 Å². The summed E-state index contributed by atoms with van der Waals surface area (Å²) in [6, 6.07) is 5.24. The summed E-state index contributed by atoms with van der Waals surface area (Å²) in [7, 11) is 3.59. The molecule has 0 aliphatic rings. The van der Waals surface area contributed by atoms with E-state index in [4.69, 9.17) is 16.3 Å². The number of rotatable bonds is 5. The van der Waals surface area contributed by atoms with Crippen molar-refractivity contribution in [3.63, 3.8) is 0 Å². The third-order valence-corrected chi connectivity index (χ3v) is 2.45. The van der Waals surface area contributed by atoms with E-state index in [0.29, 0.717) is 17.2 Å². The molecule has 1 aromatic carbocycles. The molecule has 0 saturated carbocycles. The van der Waals surface area contributed by atoms with Crippen LogP contribution in [0.25, 0.3) is 0 Å². The molecule has 3 nitrogen and oxygen atoms in total. The van der Waals surface area contributed by atoms with Gasteiger partial charge in [-0.05, 0) is 18.2 Å². The minimum absolute atomic E-state index is 0.582. The maximum atomic E-state index is 10.5. The number of carbonyl (C=O) groups excluding carboxylic acids is 1. The molecule has 0 amide bonds. The largest absolute Gasteiger partial charge is 0.383 e. The molecule has 0 spiro atoms. The van der Waals surface area contributed by atoms with E-state index in [0.717, 1.165) is 18.5 Å². The number of benzene rings is 1. The van der Waals surface area contributed by atoms with Gasteiger partial charge in [-0.15, -0.1) is 0 Å². The molecule has 1 rings (SSSR count). The van der Waals surface area contributed by atoms with Crippen LogP contribution in [0.3, 0.4) is 0 Å². The summed E-state index contributed by atoms with van der Waals surface area (Å²) < 4.78 is 4.98. The average Bonchev–Trinajstić information content (AvgIpc) is 2.25. The summed E-state index contributed by atoms with van der Waals surface area (Å²) in [4.78, 5) is 12.5. The minimum Gasteiger partial charge on any atom is -0.383 e. The van der Waals surface area contributed by atoms with Gasteiger partial charge in [-0.25, -0.2) is 0 Å². The third-order valence-electron chi connectivity index (χ3n) is 2.15. The standard InChI is InChI=1S/C11H14ClNO2/c1-13(5-6-15-2)11-4-3-9(8-14)7-10(11)12/h3-4,7-8H,5-6H2,1-2H3. The highest BCUT2D eigenvalue weighted by atomic mass is 35.5. The highest BCUT2D eigenvalue weighted by molar-refractivity contribution is 6.33. The molecule has 4 heteroatoms. The molecule has 0 saturated heterocycles. The molecule has 82 valence electrons. The zero-order valence-corrected chi connectivity index (χ0v) is 9.62. The third kappa shape index (κ3) is 3.22. The van der Waals surface area contributed by atoms with Crippen LogP contribution in [-0.2, 0) is 4.74 Å². The molecule has 0 unspecified atom stereocenters. The maximum Gasteiger partial charge on any atom is 0.150 e. The Bertz CT molecular complexity index is 341. The van der Waals surface area contributed by atoms with Crippen molar-refractivity contribution < 1.29 is 9.53 Å². The van der Waals surface area contributed by atoms with Crippen LogP contribution in [0, 0.1) is 0 Å². The number of anilines is 1. The SMILES string of the molecule is COCCN(C)c1ccc(C=O)cc1Cl. The fourth-order valence-corrected chi connectivity index (χ4v) is 1.59. The van der Waals surface area contributed by atoms with Gasteiger partial charge in [0.05, 0.1) is 17.3 Å². The van der Waals surface area contributed by atoms with E-state index in [1.165, 1.54) is 0 Å². The lowest BCUT2D eigenvalue weighted by Crippen LogP contribution is -2.22. The summed E-state index contributed by atoms with van der Waals surface area (Å²) >= 11 is 6.04. The average molecular weight is 228 g/mol. The molecule has 0 radical (unpaired) electrons. The Hall–Kier alpha value is -1.06. The molecule has 0 N–H and O–H groups in total. The molecular formula is C11H14ClNO2. The second kappa shape index (κ2) is 5.73. The minimum atomic E-state index is 0.582. The van der Waals surface area contributed by atoms with E-state index in [-0.39, 0.29) is 0 Å². The Morgan fingerprint density at radius 1 is 1.53 bits per heavy atom. The number of nitrogens with zero attached hydrogens (tertiary/aromatic N) is 1. The second-order valence-corrected chi connectivity index (χ2v) is 3.65. The normalized spacial score (nSPS) is 10.1. The quantitative estimate of drug-likeness (QED) is 0.723. The number of methoxy groups -OCH3 is 1. The fraction of sp³-hybridized carbons (Fsp3) is 0.364. The zero-order chi connectivity index (χ0) is 11.3. The summed E-state index contributed by atoms with van der Waals surface area (Å²) in [5, 5.41) is 0.582. The number of carbonyl (C=O) groups is 1. The maximum absolute atomic E-state index is 10.5. The first kappa shape index (κ1) is 12.0. The van der Waals surface area contributed by atoms with Crippen molar-refractivity contribution in [1.82, 2.24) is 0 Å². The molecule has 0 aliphatic heterocycles. The Balaban J connectivity index is 2.80. The molecular weight excluding hydrogens is 214 g/mol. The first-order valence-electron chi connectivity index (χ1n) is 4.64. The van der Waals surface area contributed by atoms with Gasteiger partial charge in [-0.3, -0.25) is 4.79 Å². The van der Waals surface area contributed by atoms with Crippen LogP contribution < -0.4 is 4.90 Å². The van der Waals surface area contributed by atoms with Crippen molar-refractivity contribution in [2.45, 2.75) is 0 Å². The highest BCUT2D eigenvalue weighted by Gasteiger charge is 2.06. The Morgan fingerprint density at radius 3 is 2.80 bits per heavy atom. The van der Waals surface area contributed by atoms with E-state index >= 15 is 0 Å². The van der Waals surface area contributed by atoms with Crippen molar-refractivity contribution in [3.8, 4) is 0 Å². The second-order valence-electron chi connectivity index (χ2n) is 3.24. The predicted molar refractivity (Wildman–Crippen MR) is 62.0 cm³/mol. The van der Waals surface area contributed by atoms with Crippen LogP contribution in [0.2, 0.25) is 5.02 Å².